The molecule has 0 spiro atoms. The van der Waals surface area contributed by atoms with Gasteiger partial charge in [-0.1, -0.05) is 30.3 Å². The molecule has 2 aromatic carbocycles. The summed E-state index contributed by atoms with van der Waals surface area (Å²) in [4.78, 5) is 5.49. The Hall–Kier alpha value is -2.20. The molecule has 106 valence electrons. The zero-order valence-electron chi connectivity index (χ0n) is 11.7. The molecule has 0 saturated carbocycles. The number of nitrogens with one attached hydrogen (secondary N) is 1. The van der Waals surface area contributed by atoms with Gasteiger partial charge in [0.25, 0.3) is 0 Å². The number of aromatic hydroxyl groups is 1. The van der Waals surface area contributed by atoms with Crippen molar-refractivity contribution in [3.05, 3.63) is 60.3 Å². The Morgan fingerprint density at radius 2 is 1.86 bits per heavy atom. The van der Waals surface area contributed by atoms with Gasteiger partial charge in [-0.25, -0.2) is 4.98 Å². The minimum atomic E-state index is 0.329. The van der Waals surface area contributed by atoms with Crippen LogP contribution in [0.3, 0.4) is 0 Å². The van der Waals surface area contributed by atoms with Crippen molar-refractivity contribution in [2.45, 2.75) is 10.6 Å². The Bertz CT molecular complexity index is 756. The van der Waals surface area contributed by atoms with Crippen LogP contribution in [0.15, 0.2) is 59.6 Å². The first-order valence-corrected chi connectivity index (χ1v) is 7.72. The van der Waals surface area contributed by atoms with Crippen LogP contribution in [-0.2, 0) is 5.75 Å². The first-order chi connectivity index (χ1) is 10.3. The van der Waals surface area contributed by atoms with Crippen LogP contribution in [0, 0.1) is 0 Å². The van der Waals surface area contributed by atoms with E-state index in [-0.39, 0.29) is 0 Å². The molecule has 0 radical (unpaired) electrons. The number of nitrogens with zero attached hydrogens (tertiary/aromatic N) is 1. The number of pyridine rings is 1. The molecule has 0 aliphatic rings. The van der Waals surface area contributed by atoms with Gasteiger partial charge in [-0.05, 0) is 29.1 Å². The second kappa shape index (κ2) is 6.06. The van der Waals surface area contributed by atoms with Crippen LogP contribution in [0.4, 0.5) is 5.82 Å². The van der Waals surface area contributed by atoms with Crippen molar-refractivity contribution in [2.75, 3.05) is 12.4 Å². The predicted octanol–water partition coefficient (Wildman–Crippen LogP) is 4.27. The molecule has 0 aliphatic heterocycles. The fourth-order valence-corrected chi connectivity index (χ4v) is 3.19. The van der Waals surface area contributed by atoms with Crippen LogP contribution >= 0.6 is 11.8 Å². The summed E-state index contributed by atoms with van der Waals surface area (Å²) >= 11 is 1.75. The Morgan fingerprint density at radius 1 is 1.05 bits per heavy atom. The van der Waals surface area contributed by atoms with E-state index in [2.05, 4.69) is 16.4 Å². The third kappa shape index (κ3) is 2.95. The Morgan fingerprint density at radius 3 is 2.57 bits per heavy atom. The largest absolute Gasteiger partial charge is 0.507 e. The summed E-state index contributed by atoms with van der Waals surface area (Å²) in [6, 6.07) is 15.7. The Balaban J connectivity index is 1.83. The van der Waals surface area contributed by atoms with E-state index >= 15 is 0 Å². The number of fused-ring (bicyclic) bond motifs is 1. The molecule has 0 fully saturated rings. The summed E-state index contributed by atoms with van der Waals surface area (Å²) in [5.41, 5.74) is 1.18. The molecule has 0 atom stereocenters. The Labute approximate surface area is 128 Å². The highest BCUT2D eigenvalue weighted by Crippen LogP contribution is 2.34. The molecule has 3 rings (SSSR count). The molecule has 3 aromatic rings. The zero-order valence-corrected chi connectivity index (χ0v) is 12.5. The van der Waals surface area contributed by atoms with Crippen LogP contribution in [-0.4, -0.2) is 17.1 Å². The number of phenolic OH excluding ortho intramolecular Hbond substituents is 1. The number of rotatable bonds is 4. The summed E-state index contributed by atoms with van der Waals surface area (Å²) in [5.74, 6) is 2.06. The molecule has 1 aromatic heterocycles. The standard InChI is InChI=1S/C17H16N2OS/c1-18-17-9-6-12(10-19-17)11-21-16-8-7-15(20)13-4-2-3-5-14(13)16/h2-10,20H,11H2,1H3,(H,18,19). The quantitative estimate of drug-likeness (QED) is 0.706. The van der Waals surface area contributed by atoms with Gasteiger partial charge in [0.15, 0.2) is 0 Å². The van der Waals surface area contributed by atoms with E-state index in [9.17, 15) is 5.11 Å². The first-order valence-electron chi connectivity index (χ1n) is 6.74. The average Bonchev–Trinajstić information content (AvgIpc) is 2.55. The molecule has 0 bridgehead atoms. The van der Waals surface area contributed by atoms with Crippen molar-refractivity contribution in [1.82, 2.24) is 4.98 Å². The highest BCUT2D eigenvalue weighted by molar-refractivity contribution is 7.98. The van der Waals surface area contributed by atoms with Crippen molar-refractivity contribution < 1.29 is 5.11 Å². The van der Waals surface area contributed by atoms with Crippen LogP contribution in [0.1, 0.15) is 5.56 Å². The normalized spacial score (nSPS) is 10.7. The summed E-state index contributed by atoms with van der Waals surface area (Å²) in [6.45, 7) is 0. The molecule has 0 aliphatic carbocycles. The molecule has 2 N–H and O–H groups in total. The molecular weight excluding hydrogens is 280 g/mol. The predicted molar refractivity (Wildman–Crippen MR) is 89.0 cm³/mol. The third-order valence-electron chi connectivity index (χ3n) is 3.34. The maximum Gasteiger partial charge on any atom is 0.125 e. The molecular formula is C17H16N2OS. The average molecular weight is 296 g/mol. The maximum absolute atomic E-state index is 9.91. The lowest BCUT2D eigenvalue weighted by Gasteiger charge is -2.08. The Kier molecular flexibility index (Phi) is 3.97. The molecule has 1 heterocycles. The lowest BCUT2D eigenvalue weighted by Crippen LogP contribution is -1.92. The van der Waals surface area contributed by atoms with Crippen molar-refractivity contribution in [1.29, 1.82) is 0 Å². The van der Waals surface area contributed by atoms with E-state index in [1.807, 2.05) is 49.6 Å². The number of aromatic nitrogens is 1. The minimum absolute atomic E-state index is 0.329. The summed E-state index contributed by atoms with van der Waals surface area (Å²) in [6.07, 6.45) is 1.89. The smallest absolute Gasteiger partial charge is 0.125 e. The number of hydrogen-bond donors (Lipinski definition) is 2. The molecule has 0 unspecified atom stereocenters. The van der Waals surface area contributed by atoms with Gasteiger partial charge in [0, 0.05) is 29.3 Å². The monoisotopic (exact) mass is 296 g/mol. The maximum atomic E-state index is 9.91. The number of thioether (sulfide) groups is 1. The van der Waals surface area contributed by atoms with Gasteiger partial charge >= 0.3 is 0 Å². The first kappa shape index (κ1) is 13.8. The highest BCUT2D eigenvalue weighted by Gasteiger charge is 2.05. The second-order valence-electron chi connectivity index (χ2n) is 4.72. The summed E-state index contributed by atoms with van der Waals surface area (Å²) in [5, 5.41) is 14.9. The van der Waals surface area contributed by atoms with Gasteiger partial charge in [-0.15, -0.1) is 11.8 Å². The lowest BCUT2D eigenvalue weighted by atomic mass is 10.1. The second-order valence-corrected chi connectivity index (χ2v) is 5.74. The van der Waals surface area contributed by atoms with E-state index in [0.29, 0.717) is 5.75 Å². The van der Waals surface area contributed by atoms with Gasteiger partial charge in [-0.2, -0.15) is 0 Å². The van der Waals surface area contributed by atoms with E-state index in [1.54, 1.807) is 17.8 Å². The van der Waals surface area contributed by atoms with Crippen LogP contribution in [0.25, 0.3) is 10.8 Å². The zero-order chi connectivity index (χ0) is 14.7. The minimum Gasteiger partial charge on any atom is -0.507 e. The SMILES string of the molecule is CNc1ccc(CSc2ccc(O)c3ccccc23)cn1. The van der Waals surface area contributed by atoms with Crippen LogP contribution in [0.5, 0.6) is 5.75 Å². The van der Waals surface area contributed by atoms with E-state index in [4.69, 9.17) is 0 Å². The number of anilines is 1. The lowest BCUT2D eigenvalue weighted by molar-refractivity contribution is 0.481. The van der Waals surface area contributed by atoms with Gasteiger partial charge < -0.3 is 10.4 Å². The van der Waals surface area contributed by atoms with Gasteiger partial charge in [0.1, 0.15) is 11.6 Å². The fourth-order valence-electron chi connectivity index (χ4n) is 2.20. The van der Waals surface area contributed by atoms with E-state index in [0.717, 1.165) is 22.3 Å². The summed E-state index contributed by atoms with van der Waals surface area (Å²) in [7, 11) is 1.86. The molecule has 0 amide bonds. The number of hydrogen-bond acceptors (Lipinski definition) is 4. The number of benzene rings is 2. The van der Waals surface area contributed by atoms with Gasteiger partial charge in [0.2, 0.25) is 0 Å². The number of phenols is 1. The summed E-state index contributed by atoms with van der Waals surface area (Å²) < 4.78 is 0. The fraction of sp³-hybridized carbons (Fsp3) is 0.118. The van der Waals surface area contributed by atoms with E-state index in [1.165, 1.54) is 10.5 Å². The highest BCUT2D eigenvalue weighted by atomic mass is 32.2. The van der Waals surface area contributed by atoms with E-state index < -0.39 is 0 Å². The van der Waals surface area contributed by atoms with Crippen molar-refractivity contribution >= 4 is 28.4 Å². The van der Waals surface area contributed by atoms with Gasteiger partial charge in [0.05, 0.1) is 0 Å². The van der Waals surface area contributed by atoms with Crippen molar-refractivity contribution in [3.63, 3.8) is 0 Å². The molecule has 0 saturated heterocycles. The molecule has 3 nitrogen and oxygen atoms in total. The van der Waals surface area contributed by atoms with Crippen LogP contribution in [0.2, 0.25) is 0 Å². The topological polar surface area (TPSA) is 45.1 Å². The third-order valence-corrected chi connectivity index (χ3v) is 4.48. The molecule has 21 heavy (non-hydrogen) atoms. The van der Waals surface area contributed by atoms with Crippen molar-refractivity contribution in [3.8, 4) is 5.75 Å². The van der Waals surface area contributed by atoms with Crippen LogP contribution < -0.4 is 5.32 Å². The van der Waals surface area contributed by atoms with Gasteiger partial charge in [-0.3, -0.25) is 0 Å². The van der Waals surface area contributed by atoms with Crippen molar-refractivity contribution in [2.24, 2.45) is 0 Å². The molecule has 4 heteroatoms.